The van der Waals surface area contributed by atoms with Gasteiger partial charge in [-0.1, -0.05) is 35.9 Å². The van der Waals surface area contributed by atoms with Crippen molar-refractivity contribution in [1.82, 2.24) is 14.6 Å². The van der Waals surface area contributed by atoms with Crippen LogP contribution in [-0.4, -0.2) is 14.6 Å². The van der Waals surface area contributed by atoms with E-state index in [1.165, 1.54) is 18.3 Å². The average molecular weight is 455 g/mol. The van der Waals surface area contributed by atoms with E-state index < -0.39 is 22.7 Å². The number of aromatic nitrogens is 3. The van der Waals surface area contributed by atoms with Crippen molar-refractivity contribution < 1.29 is 13.2 Å². The van der Waals surface area contributed by atoms with E-state index in [4.69, 9.17) is 11.6 Å². The second-order valence-corrected chi connectivity index (χ2v) is 8.20. The topological polar surface area (TPSA) is 74.0 Å². The molecule has 0 aliphatic heterocycles. The summed E-state index contributed by atoms with van der Waals surface area (Å²) in [6, 6.07) is 13.8. The molecule has 1 saturated carbocycles. The van der Waals surface area contributed by atoms with Gasteiger partial charge in [0.2, 0.25) is 0 Å². The molecule has 0 bridgehead atoms. The van der Waals surface area contributed by atoms with E-state index in [2.05, 4.69) is 16.2 Å². The fourth-order valence-electron chi connectivity index (χ4n) is 4.06. The Morgan fingerprint density at radius 3 is 2.31 bits per heavy atom. The minimum Gasteiger partial charge on any atom is -0.345 e. The number of halogens is 4. The summed E-state index contributed by atoms with van der Waals surface area (Å²) in [5.74, 6) is 0. The number of H-pyrrole nitrogens is 1. The van der Waals surface area contributed by atoms with E-state index in [1.54, 1.807) is 24.3 Å². The van der Waals surface area contributed by atoms with Crippen LogP contribution < -0.4 is 5.56 Å². The SMILES string of the molecule is N#Cc1c(C2(c3ccc(C(F)(F)F)cc3)CC2)nn2c(=O)c(-c3ccc(Cl)cc3)c[nH]c12. The van der Waals surface area contributed by atoms with Crippen LogP contribution in [0.4, 0.5) is 13.2 Å². The molecule has 1 aliphatic rings. The van der Waals surface area contributed by atoms with Crippen molar-refractivity contribution in [3.05, 3.63) is 92.5 Å². The Balaban J connectivity index is 1.65. The van der Waals surface area contributed by atoms with E-state index in [1.807, 2.05) is 0 Å². The van der Waals surface area contributed by atoms with Gasteiger partial charge in [-0.15, -0.1) is 0 Å². The molecule has 0 unspecified atom stereocenters. The summed E-state index contributed by atoms with van der Waals surface area (Å²) in [6.45, 7) is 0. The second kappa shape index (κ2) is 6.97. The summed E-state index contributed by atoms with van der Waals surface area (Å²) in [5.41, 5.74) is 0.635. The minimum absolute atomic E-state index is 0.210. The molecule has 2 aromatic heterocycles. The Morgan fingerprint density at radius 1 is 1.09 bits per heavy atom. The lowest BCUT2D eigenvalue weighted by molar-refractivity contribution is -0.137. The Kier molecular flexibility index (Phi) is 4.43. The maximum absolute atomic E-state index is 13.1. The van der Waals surface area contributed by atoms with Crippen molar-refractivity contribution in [2.24, 2.45) is 0 Å². The Labute approximate surface area is 184 Å². The number of hydrogen-bond acceptors (Lipinski definition) is 3. The third-order valence-electron chi connectivity index (χ3n) is 5.90. The lowest BCUT2D eigenvalue weighted by Crippen LogP contribution is -2.18. The molecule has 2 heterocycles. The molecule has 32 heavy (non-hydrogen) atoms. The van der Waals surface area contributed by atoms with Crippen LogP contribution in [0.1, 0.15) is 35.2 Å². The van der Waals surface area contributed by atoms with Crippen LogP contribution in [0.2, 0.25) is 5.02 Å². The minimum atomic E-state index is -4.43. The maximum atomic E-state index is 13.1. The van der Waals surface area contributed by atoms with Crippen molar-refractivity contribution in [3.63, 3.8) is 0 Å². The summed E-state index contributed by atoms with van der Waals surface area (Å²) < 4.78 is 40.0. The third-order valence-corrected chi connectivity index (χ3v) is 6.15. The van der Waals surface area contributed by atoms with E-state index >= 15 is 0 Å². The van der Waals surface area contributed by atoms with Gasteiger partial charge >= 0.3 is 6.18 Å². The highest BCUT2D eigenvalue weighted by Gasteiger charge is 2.50. The van der Waals surface area contributed by atoms with Gasteiger partial charge in [-0.05, 0) is 48.2 Å². The lowest BCUT2D eigenvalue weighted by Gasteiger charge is -2.15. The summed E-state index contributed by atoms with van der Waals surface area (Å²) in [4.78, 5) is 16.1. The maximum Gasteiger partial charge on any atom is 0.416 e. The molecule has 1 N–H and O–H groups in total. The number of nitrogens with zero attached hydrogens (tertiary/aromatic N) is 3. The Hall–Kier alpha value is -3.57. The highest BCUT2D eigenvalue weighted by atomic mass is 35.5. The molecular formula is C23H14ClF3N4O. The Morgan fingerprint density at radius 2 is 1.75 bits per heavy atom. The van der Waals surface area contributed by atoms with Gasteiger partial charge in [0.05, 0.1) is 16.8 Å². The van der Waals surface area contributed by atoms with Crippen LogP contribution in [0.5, 0.6) is 0 Å². The first-order chi connectivity index (χ1) is 15.2. The molecule has 0 saturated heterocycles. The van der Waals surface area contributed by atoms with Crippen LogP contribution in [0.15, 0.2) is 59.5 Å². The van der Waals surface area contributed by atoms with Gasteiger partial charge in [0, 0.05) is 16.6 Å². The van der Waals surface area contributed by atoms with Crippen LogP contribution in [0.3, 0.4) is 0 Å². The number of benzene rings is 2. The van der Waals surface area contributed by atoms with Gasteiger partial charge in [0.1, 0.15) is 11.6 Å². The smallest absolute Gasteiger partial charge is 0.345 e. The zero-order valence-corrected chi connectivity index (χ0v) is 17.1. The number of aromatic amines is 1. The summed E-state index contributed by atoms with van der Waals surface area (Å²) in [7, 11) is 0. The molecular weight excluding hydrogens is 441 g/mol. The highest BCUT2D eigenvalue weighted by Crippen LogP contribution is 2.54. The molecule has 4 aromatic rings. The molecule has 160 valence electrons. The Bertz CT molecular complexity index is 1440. The van der Waals surface area contributed by atoms with Gasteiger partial charge in [-0.2, -0.15) is 28.0 Å². The van der Waals surface area contributed by atoms with E-state index in [0.717, 1.165) is 16.6 Å². The van der Waals surface area contributed by atoms with Gasteiger partial charge < -0.3 is 4.98 Å². The predicted octanol–water partition coefficient (Wildman–Crippen LogP) is 5.31. The molecule has 1 aliphatic carbocycles. The molecule has 1 fully saturated rings. The van der Waals surface area contributed by atoms with Crippen molar-refractivity contribution in [3.8, 4) is 17.2 Å². The van der Waals surface area contributed by atoms with Crippen molar-refractivity contribution in [2.75, 3.05) is 0 Å². The predicted molar refractivity (Wildman–Crippen MR) is 112 cm³/mol. The van der Waals surface area contributed by atoms with Gasteiger partial charge in [0.15, 0.2) is 5.65 Å². The van der Waals surface area contributed by atoms with E-state index in [9.17, 15) is 23.2 Å². The first kappa shape index (κ1) is 20.3. The van der Waals surface area contributed by atoms with Crippen LogP contribution in [-0.2, 0) is 11.6 Å². The van der Waals surface area contributed by atoms with Crippen LogP contribution in [0.25, 0.3) is 16.8 Å². The standard InChI is InChI=1S/C23H14ClF3N4O/c24-16-7-1-13(2-8-16)18-12-29-20-17(11-28)19(30-31(20)21(18)32)22(9-10-22)14-3-5-15(6-4-14)23(25,26)27/h1-8,12,29H,9-10H2. The molecule has 2 aromatic carbocycles. The quantitative estimate of drug-likeness (QED) is 0.455. The number of hydrogen-bond donors (Lipinski definition) is 1. The van der Waals surface area contributed by atoms with Crippen molar-refractivity contribution >= 4 is 17.2 Å². The largest absolute Gasteiger partial charge is 0.416 e. The summed E-state index contributed by atoms with van der Waals surface area (Å²) >= 11 is 5.92. The molecule has 0 spiro atoms. The zero-order chi connectivity index (χ0) is 22.7. The normalized spacial score (nSPS) is 15.0. The monoisotopic (exact) mass is 454 g/mol. The van der Waals surface area contributed by atoms with Crippen LogP contribution >= 0.6 is 11.6 Å². The summed E-state index contributed by atoms with van der Waals surface area (Å²) in [5, 5.41) is 14.8. The number of alkyl halides is 3. The molecule has 0 radical (unpaired) electrons. The van der Waals surface area contributed by atoms with E-state index in [0.29, 0.717) is 40.2 Å². The molecule has 5 rings (SSSR count). The van der Waals surface area contributed by atoms with Gasteiger partial charge in [-0.3, -0.25) is 4.79 Å². The fourth-order valence-corrected chi connectivity index (χ4v) is 4.18. The van der Waals surface area contributed by atoms with E-state index in [-0.39, 0.29) is 11.2 Å². The first-order valence-electron chi connectivity index (χ1n) is 9.73. The molecule has 0 amide bonds. The first-order valence-corrected chi connectivity index (χ1v) is 10.1. The number of nitrogens with one attached hydrogen (secondary N) is 1. The lowest BCUT2D eigenvalue weighted by atomic mass is 9.89. The number of rotatable bonds is 3. The van der Waals surface area contributed by atoms with Crippen molar-refractivity contribution in [1.29, 1.82) is 5.26 Å². The van der Waals surface area contributed by atoms with Gasteiger partial charge in [0.25, 0.3) is 5.56 Å². The average Bonchev–Trinajstić information content (AvgIpc) is 3.49. The molecule has 9 heteroatoms. The summed E-state index contributed by atoms with van der Waals surface area (Å²) in [6.07, 6.45) is -1.67. The fraction of sp³-hybridized carbons (Fsp3) is 0.174. The molecule has 0 atom stereocenters. The van der Waals surface area contributed by atoms with Crippen molar-refractivity contribution in [2.45, 2.75) is 24.4 Å². The highest BCUT2D eigenvalue weighted by molar-refractivity contribution is 6.30. The zero-order valence-electron chi connectivity index (χ0n) is 16.4. The third kappa shape index (κ3) is 3.09. The number of nitriles is 1. The number of fused-ring (bicyclic) bond motifs is 1. The molecule has 5 nitrogen and oxygen atoms in total. The van der Waals surface area contributed by atoms with Crippen LogP contribution in [0, 0.1) is 11.3 Å². The van der Waals surface area contributed by atoms with Gasteiger partial charge in [-0.25, -0.2) is 0 Å². The second-order valence-electron chi connectivity index (χ2n) is 7.77.